The van der Waals surface area contributed by atoms with Gasteiger partial charge in [-0.2, -0.15) is 0 Å². The van der Waals surface area contributed by atoms with E-state index in [2.05, 4.69) is 34.5 Å². The van der Waals surface area contributed by atoms with Crippen LogP contribution in [0.5, 0.6) is 0 Å². The minimum absolute atomic E-state index is 0.0303. The molecule has 2 aromatic rings. The normalized spacial score (nSPS) is 20.6. The molecule has 1 saturated heterocycles. The number of amides is 1. The van der Waals surface area contributed by atoms with E-state index in [1.807, 2.05) is 36.6 Å². The van der Waals surface area contributed by atoms with Crippen LogP contribution in [0, 0.1) is 5.92 Å². The minimum Gasteiger partial charge on any atom is -0.330 e. The molecule has 5 heteroatoms. The van der Waals surface area contributed by atoms with Gasteiger partial charge in [0.2, 0.25) is 5.91 Å². The van der Waals surface area contributed by atoms with Crippen LogP contribution in [0.4, 0.5) is 5.69 Å². The molecule has 0 radical (unpaired) electrons. The number of hydrogen-bond acceptors (Lipinski definition) is 4. The first-order valence-electron chi connectivity index (χ1n) is 8.61. The van der Waals surface area contributed by atoms with Crippen LogP contribution < -0.4 is 11.1 Å². The summed E-state index contributed by atoms with van der Waals surface area (Å²) in [4.78, 5) is 15.8. The molecule has 132 valence electrons. The smallest absolute Gasteiger partial charge is 0.238 e. The molecule has 4 nitrogen and oxygen atoms in total. The maximum atomic E-state index is 12.4. The number of anilines is 1. The average Bonchev–Trinajstić information content (AvgIpc) is 3.05. The van der Waals surface area contributed by atoms with Crippen molar-refractivity contribution >= 4 is 23.4 Å². The van der Waals surface area contributed by atoms with E-state index in [0.29, 0.717) is 24.9 Å². The van der Waals surface area contributed by atoms with Gasteiger partial charge in [0.1, 0.15) is 0 Å². The second kappa shape index (κ2) is 8.52. The van der Waals surface area contributed by atoms with Gasteiger partial charge in [-0.1, -0.05) is 36.4 Å². The van der Waals surface area contributed by atoms with E-state index in [4.69, 9.17) is 5.73 Å². The van der Waals surface area contributed by atoms with E-state index in [0.717, 1.165) is 23.7 Å². The van der Waals surface area contributed by atoms with E-state index in [-0.39, 0.29) is 5.91 Å². The SMILES string of the molecule is CSc1cccc(NC(=O)CN2C[C@@H](CN)[C@H](c3ccccc3)C2)c1. The molecule has 0 saturated carbocycles. The Labute approximate surface area is 153 Å². The minimum atomic E-state index is 0.0303. The van der Waals surface area contributed by atoms with Crippen molar-refractivity contribution < 1.29 is 4.79 Å². The zero-order valence-electron chi connectivity index (χ0n) is 14.5. The first-order chi connectivity index (χ1) is 12.2. The van der Waals surface area contributed by atoms with Gasteiger partial charge >= 0.3 is 0 Å². The first kappa shape index (κ1) is 18.0. The average molecular weight is 356 g/mol. The van der Waals surface area contributed by atoms with Crippen molar-refractivity contribution in [3.63, 3.8) is 0 Å². The highest BCUT2D eigenvalue weighted by Gasteiger charge is 2.33. The highest BCUT2D eigenvalue weighted by Crippen LogP contribution is 2.31. The number of nitrogens with one attached hydrogen (secondary N) is 1. The van der Waals surface area contributed by atoms with Crippen LogP contribution in [-0.4, -0.2) is 43.2 Å². The molecule has 1 fully saturated rings. The number of carbonyl (C=O) groups is 1. The summed E-state index contributed by atoms with van der Waals surface area (Å²) in [7, 11) is 0. The zero-order valence-corrected chi connectivity index (χ0v) is 15.3. The maximum Gasteiger partial charge on any atom is 0.238 e. The zero-order chi connectivity index (χ0) is 17.6. The van der Waals surface area contributed by atoms with E-state index >= 15 is 0 Å². The molecule has 3 N–H and O–H groups in total. The molecule has 2 aromatic carbocycles. The Hall–Kier alpha value is -1.82. The number of rotatable bonds is 6. The Morgan fingerprint density at radius 2 is 2.00 bits per heavy atom. The van der Waals surface area contributed by atoms with Crippen molar-refractivity contribution in [3.05, 3.63) is 60.2 Å². The van der Waals surface area contributed by atoms with Gasteiger partial charge in [-0.25, -0.2) is 0 Å². The van der Waals surface area contributed by atoms with Gasteiger partial charge in [-0.3, -0.25) is 9.69 Å². The lowest BCUT2D eigenvalue weighted by Gasteiger charge is -2.16. The van der Waals surface area contributed by atoms with Crippen molar-refractivity contribution in [2.75, 3.05) is 37.8 Å². The van der Waals surface area contributed by atoms with Crippen LogP contribution in [0.15, 0.2) is 59.5 Å². The molecule has 2 atom stereocenters. The third-order valence-electron chi connectivity index (χ3n) is 4.77. The Kier molecular flexibility index (Phi) is 6.13. The molecule has 1 heterocycles. The largest absolute Gasteiger partial charge is 0.330 e. The molecule has 25 heavy (non-hydrogen) atoms. The molecule has 0 aliphatic carbocycles. The van der Waals surface area contributed by atoms with Gasteiger partial charge in [0.25, 0.3) is 0 Å². The predicted molar refractivity (Wildman–Crippen MR) is 105 cm³/mol. The van der Waals surface area contributed by atoms with Crippen LogP contribution in [0.1, 0.15) is 11.5 Å². The number of carbonyl (C=O) groups excluding carboxylic acids is 1. The number of nitrogens with two attached hydrogens (primary N) is 1. The van der Waals surface area contributed by atoms with E-state index < -0.39 is 0 Å². The van der Waals surface area contributed by atoms with Gasteiger partial charge in [-0.05, 0) is 42.5 Å². The Morgan fingerprint density at radius 1 is 1.20 bits per heavy atom. The van der Waals surface area contributed by atoms with Crippen LogP contribution in [0.2, 0.25) is 0 Å². The molecule has 0 unspecified atom stereocenters. The van der Waals surface area contributed by atoms with Gasteiger partial charge in [0.15, 0.2) is 0 Å². The van der Waals surface area contributed by atoms with Crippen LogP contribution in [-0.2, 0) is 4.79 Å². The number of nitrogens with zero attached hydrogens (tertiary/aromatic N) is 1. The molecule has 1 amide bonds. The summed E-state index contributed by atoms with van der Waals surface area (Å²) in [5.41, 5.74) is 8.15. The Bertz CT molecular complexity index is 707. The third-order valence-corrected chi connectivity index (χ3v) is 5.49. The fraction of sp³-hybridized carbons (Fsp3) is 0.350. The number of thioether (sulfide) groups is 1. The number of hydrogen-bond donors (Lipinski definition) is 2. The van der Waals surface area contributed by atoms with Crippen molar-refractivity contribution in [3.8, 4) is 0 Å². The van der Waals surface area contributed by atoms with Crippen LogP contribution in [0.25, 0.3) is 0 Å². The Balaban J connectivity index is 1.60. The van der Waals surface area contributed by atoms with Gasteiger partial charge in [0.05, 0.1) is 6.54 Å². The first-order valence-corrected chi connectivity index (χ1v) is 9.83. The van der Waals surface area contributed by atoms with E-state index in [1.165, 1.54) is 5.56 Å². The van der Waals surface area contributed by atoms with Gasteiger partial charge in [-0.15, -0.1) is 11.8 Å². The third kappa shape index (κ3) is 4.63. The fourth-order valence-corrected chi connectivity index (χ4v) is 3.97. The quantitative estimate of drug-likeness (QED) is 0.782. The molecule has 0 aromatic heterocycles. The number of likely N-dealkylation sites (tertiary alicyclic amines) is 1. The van der Waals surface area contributed by atoms with E-state index in [1.54, 1.807) is 11.8 Å². The molecule has 1 aliphatic heterocycles. The molecular formula is C20H25N3OS. The summed E-state index contributed by atoms with van der Waals surface area (Å²) in [5, 5.41) is 3.01. The molecule has 3 rings (SSSR count). The Morgan fingerprint density at radius 3 is 2.72 bits per heavy atom. The summed E-state index contributed by atoms with van der Waals surface area (Å²) in [5.74, 6) is 0.830. The fourth-order valence-electron chi connectivity index (χ4n) is 3.51. The van der Waals surface area contributed by atoms with Gasteiger partial charge < -0.3 is 11.1 Å². The van der Waals surface area contributed by atoms with Crippen molar-refractivity contribution in [2.24, 2.45) is 11.7 Å². The predicted octanol–water partition coefficient (Wildman–Crippen LogP) is 3.02. The second-order valence-electron chi connectivity index (χ2n) is 6.49. The summed E-state index contributed by atoms with van der Waals surface area (Å²) >= 11 is 1.67. The highest BCUT2D eigenvalue weighted by atomic mass is 32.2. The van der Waals surface area contributed by atoms with Gasteiger partial charge in [0, 0.05) is 29.6 Å². The van der Waals surface area contributed by atoms with Crippen molar-refractivity contribution in [2.45, 2.75) is 10.8 Å². The molecular weight excluding hydrogens is 330 g/mol. The van der Waals surface area contributed by atoms with Crippen LogP contribution >= 0.6 is 11.8 Å². The summed E-state index contributed by atoms with van der Waals surface area (Å²) in [6.07, 6.45) is 2.03. The van der Waals surface area contributed by atoms with Crippen molar-refractivity contribution in [1.82, 2.24) is 4.90 Å². The highest BCUT2D eigenvalue weighted by molar-refractivity contribution is 7.98. The second-order valence-corrected chi connectivity index (χ2v) is 7.37. The van der Waals surface area contributed by atoms with E-state index in [9.17, 15) is 4.79 Å². The standard InChI is InChI=1S/C20H25N3OS/c1-25-18-9-5-8-17(10-18)22-20(24)14-23-12-16(11-21)19(13-23)15-6-3-2-4-7-15/h2-10,16,19H,11-14,21H2,1H3,(H,22,24)/t16-,19+/m1/s1. The van der Waals surface area contributed by atoms with Crippen LogP contribution in [0.3, 0.4) is 0 Å². The molecule has 0 bridgehead atoms. The monoisotopic (exact) mass is 355 g/mol. The summed E-state index contributed by atoms with van der Waals surface area (Å²) in [6, 6.07) is 18.4. The lowest BCUT2D eigenvalue weighted by molar-refractivity contribution is -0.117. The molecule has 0 spiro atoms. The summed E-state index contributed by atoms with van der Waals surface area (Å²) in [6.45, 7) is 2.80. The topological polar surface area (TPSA) is 58.4 Å². The lowest BCUT2D eigenvalue weighted by Crippen LogP contribution is -2.32. The van der Waals surface area contributed by atoms with Crippen molar-refractivity contribution in [1.29, 1.82) is 0 Å². The maximum absolute atomic E-state index is 12.4. The number of benzene rings is 2. The summed E-state index contributed by atoms with van der Waals surface area (Å²) < 4.78 is 0. The lowest BCUT2D eigenvalue weighted by atomic mass is 9.89. The molecule has 1 aliphatic rings.